The average Bonchev–Trinajstić information content (AvgIpc) is 3.10. The summed E-state index contributed by atoms with van der Waals surface area (Å²) in [6, 6.07) is 0.383. The lowest BCUT2D eigenvalue weighted by Gasteiger charge is -2.07. The lowest BCUT2D eigenvalue weighted by atomic mass is 10.3. The fourth-order valence-corrected chi connectivity index (χ4v) is 1.63. The molecule has 1 aliphatic rings. The van der Waals surface area contributed by atoms with E-state index in [-0.39, 0.29) is 12.2 Å². The van der Waals surface area contributed by atoms with E-state index >= 15 is 0 Å². The molecule has 0 unspecified atom stereocenters. The normalized spacial score (nSPS) is 15.1. The molecule has 88 valence electrons. The van der Waals surface area contributed by atoms with E-state index < -0.39 is 0 Å². The standard InChI is InChI=1S/C11H17N3O2/c15-8-2-1-5-12-10-11(16)14(7-6-13-10)9-3-4-9/h6-7,9,15H,1-5,8H2,(H,12,13). The zero-order valence-corrected chi connectivity index (χ0v) is 9.22. The lowest BCUT2D eigenvalue weighted by molar-refractivity contribution is 0.286. The number of hydrogen-bond donors (Lipinski definition) is 2. The minimum Gasteiger partial charge on any atom is -0.396 e. The molecular weight excluding hydrogens is 206 g/mol. The predicted molar refractivity (Wildman–Crippen MR) is 61.6 cm³/mol. The molecule has 1 aliphatic carbocycles. The van der Waals surface area contributed by atoms with E-state index in [1.807, 2.05) is 0 Å². The van der Waals surface area contributed by atoms with Crippen LogP contribution >= 0.6 is 0 Å². The van der Waals surface area contributed by atoms with Gasteiger partial charge in [-0.05, 0) is 25.7 Å². The van der Waals surface area contributed by atoms with Crippen LogP contribution in [-0.2, 0) is 0 Å². The Kier molecular flexibility index (Phi) is 3.56. The molecule has 0 radical (unpaired) electrons. The number of unbranched alkanes of at least 4 members (excludes halogenated alkanes) is 1. The summed E-state index contributed by atoms with van der Waals surface area (Å²) in [5.41, 5.74) is -0.0333. The van der Waals surface area contributed by atoms with E-state index in [1.165, 1.54) is 0 Å². The molecule has 0 spiro atoms. The summed E-state index contributed by atoms with van der Waals surface area (Å²) in [5.74, 6) is 0.423. The number of nitrogens with zero attached hydrogens (tertiary/aromatic N) is 2. The first-order chi connectivity index (χ1) is 7.83. The van der Waals surface area contributed by atoms with Crippen molar-refractivity contribution in [3.8, 4) is 0 Å². The van der Waals surface area contributed by atoms with Crippen molar-refractivity contribution < 1.29 is 5.11 Å². The van der Waals surface area contributed by atoms with Crippen molar-refractivity contribution in [3.05, 3.63) is 22.7 Å². The third kappa shape index (κ3) is 2.61. The van der Waals surface area contributed by atoms with Crippen LogP contribution in [0.3, 0.4) is 0 Å². The molecule has 1 heterocycles. The van der Waals surface area contributed by atoms with Gasteiger partial charge in [-0.3, -0.25) is 4.79 Å². The van der Waals surface area contributed by atoms with Crippen LogP contribution in [0.15, 0.2) is 17.2 Å². The predicted octanol–water partition coefficient (Wildman–Crippen LogP) is 0.763. The van der Waals surface area contributed by atoms with E-state index in [2.05, 4.69) is 10.3 Å². The second-order valence-corrected chi connectivity index (χ2v) is 4.08. The Morgan fingerprint density at radius 3 is 3.00 bits per heavy atom. The minimum absolute atomic E-state index is 0.0333. The van der Waals surface area contributed by atoms with Gasteiger partial charge in [0.15, 0.2) is 5.82 Å². The summed E-state index contributed by atoms with van der Waals surface area (Å²) in [4.78, 5) is 15.9. The second kappa shape index (κ2) is 5.12. The second-order valence-electron chi connectivity index (χ2n) is 4.08. The largest absolute Gasteiger partial charge is 0.396 e. The van der Waals surface area contributed by atoms with Gasteiger partial charge in [0.05, 0.1) is 0 Å². The summed E-state index contributed by atoms with van der Waals surface area (Å²) < 4.78 is 1.75. The van der Waals surface area contributed by atoms with Gasteiger partial charge < -0.3 is 15.0 Å². The van der Waals surface area contributed by atoms with Crippen LogP contribution < -0.4 is 10.9 Å². The lowest BCUT2D eigenvalue weighted by Crippen LogP contribution is -2.24. The number of aliphatic hydroxyl groups excluding tert-OH is 1. The van der Waals surface area contributed by atoms with Crippen molar-refractivity contribution in [2.45, 2.75) is 31.7 Å². The van der Waals surface area contributed by atoms with Crippen molar-refractivity contribution in [1.82, 2.24) is 9.55 Å². The van der Waals surface area contributed by atoms with Crippen molar-refractivity contribution >= 4 is 5.82 Å². The Bertz CT molecular complexity index is 398. The van der Waals surface area contributed by atoms with Crippen LogP contribution in [0.4, 0.5) is 5.82 Å². The van der Waals surface area contributed by atoms with Gasteiger partial charge in [0.25, 0.3) is 5.56 Å². The van der Waals surface area contributed by atoms with Crippen LogP contribution in [0.5, 0.6) is 0 Å². The fraction of sp³-hybridized carbons (Fsp3) is 0.636. The van der Waals surface area contributed by atoms with Gasteiger partial charge in [0.1, 0.15) is 0 Å². The topological polar surface area (TPSA) is 67.2 Å². The minimum atomic E-state index is -0.0333. The van der Waals surface area contributed by atoms with Gasteiger partial charge in [-0.15, -0.1) is 0 Å². The molecule has 16 heavy (non-hydrogen) atoms. The Hall–Kier alpha value is -1.36. The Morgan fingerprint density at radius 2 is 2.31 bits per heavy atom. The van der Waals surface area contributed by atoms with Crippen LogP contribution in [-0.4, -0.2) is 27.8 Å². The van der Waals surface area contributed by atoms with Gasteiger partial charge in [-0.25, -0.2) is 4.98 Å². The maximum atomic E-state index is 11.9. The van der Waals surface area contributed by atoms with E-state index in [0.717, 1.165) is 25.7 Å². The zero-order chi connectivity index (χ0) is 11.4. The third-order valence-electron chi connectivity index (χ3n) is 2.69. The molecule has 5 nitrogen and oxygen atoms in total. The molecule has 2 N–H and O–H groups in total. The summed E-state index contributed by atoms with van der Waals surface area (Å²) in [6.45, 7) is 0.869. The zero-order valence-electron chi connectivity index (χ0n) is 9.22. The Balaban J connectivity index is 1.98. The first-order valence-electron chi connectivity index (χ1n) is 5.75. The molecule has 1 saturated carbocycles. The molecule has 0 atom stereocenters. The number of hydrogen-bond acceptors (Lipinski definition) is 4. The highest BCUT2D eigenvalue weighted by Gasteiger charge is 2.25. The van der Waals surface area contributed by atoms with Crippen molar-refractivity contribution in [2.75, 3.05) is 18.5 Å². The maximum Gasteiger partial charge on any atom is 0.293 e. The molecule has 0 saturated heterocycles. The number of aromatic nitrogens is 2. The van der Waals surface area contributed by atoms with E-state index in [1.54, 1.807) is 17.0 Å². The molecule has 5 heteroatoms. The van der Waals surface area contributed by atoms with E-state index in [0.29, 0.717) is 18.4 Å². The molecule has 1 aromatic heterocycles. The van der Waals surface area contributed by atoms with Crippen molar-refractivity contribution in [3.63, 3.8) is 0 Å². The van der Waals surface area contributed by atoms with Crippen LogP contribution in [0.2, 0.25) is 0 Å². The summed E-state index contributed by atoms with van der Waals surface area (Å²) >= 11 is 0. The van der Waals surface area contributed by atoms with E-state index in [9.17, 15) is 4.79 Å². The van der Waals surface area contributed by atoms with Gasteiger partial charge in [-0.2, -0.15) is 0 Å². The molecule has 1 fully saturated rings. The van der Waals surface area contributed by atoms with Gasteiger partial charge in [0.2, 0.25) is 0 Å². The van der Waals surface area contributed by atoms with Crippen LogP contribution in [0, 0.1) is 0 Å². The highest BCUT2D eigenvalue weighted by molar-refractivity contribution is 5.30. The number of rotatable bonds is 6. The molecular formula is C11H17N3O2. The van der Waals surface area contributed by atoms with Gasteiger partial charge >= 0.3 is 0 Å². The third-order valence-corrected chi connectivity index (χ3v) is 2.69. The van der Waals surface area contributed by atoms with E-state index in [4.69, 9.17) is 5.11 Å². The number of nitrogens with one attached hydrogen (secondary N) is 1. The first kappa shape index (κ1) is 11.1. The van der Waals surface area contributed by atoms with Crippen LogP contribution in [0.25, 0.3) is 0 Å². The summed E-state index contributed by atoms with van der Waals surface area (Å²) in [7, 11) is 0. The monoisotopic (exact) mass is 223 g/mol. The quantitative estimate of drug-likeness (QED) is 0.699. The smallest absolute Gasteiger partial charge is 0.293 e. The SMILES string of the molecule is O=c1c(NCCCCO)nccn1C1CC1. The average molecular weight is 223 g/mol. The maximum absolute atomic E-state index is 11.9. The summed E-state index contributed by atoms with van der Waals surface area (Å²) in [6.07, 6.45) is 7.18. The summed E-state index contributed by atoms with van der Waals surface area (Å²) in [5, 5.41) is 11.6. The van der Waals surface area contributed by atoms with Crippen molar-refractivity contribution in [1.29, 1.82) is 0 Å². The highest BCUT2D eigenvalue weighted by atomic mass is 16.2. The molecule has 0 amide bonds. The van der Waals surface area contributed by atoms with Gasteiger partial charge in [0, 0.05) is 31.6 Å². The molecule has 0 aliphatic heterocycles. The Labute approximate surface area is 94.1 Å². The fourth-order valence-electron chi connectivity index (χ4n) is 1.63. The van der Waals surface area contributed by atoms with Crippen molar-refractivity contribution in [2.24, 2.45) is 0 Å². The van der Waals surface area contributed by atoms with Gasteiger partial charge in [-0.1, -0.05) is 0 Å². The Morgan fingerprint density at radius 1 is 1.50 bits per heavy atom. The highest BCUT2D eigenvalue weighted by Crippen LogP contribution is 2.33. The molecule has 0 bridgehead atoms. The number of anilines is 1. The molecule has 1 aromatic rings. The number of aliphatic hydroxyl groups is 1. The van der Waals surface area contributed by atoms with Crippen LogP contribution in [0.1, 0.15) is 31.7 Å². The molecule has 0 aromatic carbocycles. The first-order valence-corrected chi connectivity index (χ1v) is 5.75. The molecule has 2 rings (SSSR count).